The molecule has 0 spiro atoms. The largest absolute Gasteiger partial charge is 0.478 e. The maximum atomic E-state index is 12.2. The summed E-state index contributed by atoms with van der Waals surface area (Å²) in [5, 5.41) is 26.5. The van der Waals surface area contributed by atoms with Crippen LogP contribution in [-0.4, -0.2) is 27.2 Å². The van der Waals surface area contributed by atoms with Crippen LogP contribution in [0.1, 0.15) is 22.5 Å². The molecule has 1 aromatic carbocycles. The molecule has 1 aliphatic heterocycles. The number of nitro groups is 1. The second-order valence-electron chi connectivity index (χ2n) is 4.85. The molecule has 116 valence electrons. The van der Waals surface area contributed by atoms with E-state index in [2.05, 4.69) is 10.4 Å². The van der Waals surface area contributed by atoms with Crippen molar-refractivity contribution in [3.05, 3.63) is 45.6 Å². The Morgan fingerprint density at radius 3 is 3.00 bits per heavy atom. The highest BCUT2D eigenvalue weighted by molar-refractivity contribution is 6.03. The first-order valence-corrected chi connectivity index (χ1v) is 6.79. The number of aryl methyl sites for hydroxylation is 1. The van der Waals surface area contributed by atoms with Gasteiger partial charge < -0.3 is 10.1 Å². The maximum absolute atomic E-state index is 12.2. The van der Waals surface area contributed by atoms with Crippen LogP contribution in [0.4, 0.5) is 11.4 Å². The van der Waals surface area contributed by atoms with Crippen LogP contribution in [0.2, 0.25) is 0 Å². The number of anilines is 1. The highest BCUT2D eigenvalue weighted by Gasteiger charge is 2.19. The van der Waals surface area contributed by atoms with Crippen LogP contribution in [0.25, 0.3) is 0 Å². The number of nitro benzene ring substituents is 1. The lowest BCUT2D eigenvalue weighted by molar-refractivity contribution is -0.384. The van der Waals surface area contributed by atoms with Gasteiger partial charge in [0, 0.05) is 31.2 Å². The van der Waals surface area contributed by atoms with Crippen molar-refractivity contribution in [1.82, 2.24) is 9.78 Å². The molecule has 1 amide bonds. The molecular weight excluding hydrogens is 302 g/mol. The van der Waals surface area contributed by atoms with E-state index in [0.717, 1.165) is 12.5 Å². The number of nitriles is 1. The second-order valence-corrected chi connectivity index (χ2v) is 4.85. The fourth-order valence-electron chi connectivity index (χ4n) is 2.21. The van der Waals surface area contributed by atoms with Crippen molar-refractivity contribution < 1.29 is 14.5 Å². The molecule has 0 radical (unpaired) electrons. The Kier molecular flexibility index (Phi) is 3.64. The zero-order valence-corrected chi connectivity index (χ0v) is 11.9. The van der Waals surface area contributed by atoms with Crippen LogP contribution in [0.5, 0.6) is 5.88 Å². The smallest absolute Gasteiger partial charge is 0.276 e. The third-order valence-electron chi connectivity index (χ3n) is 3.32. The molecule has 1 N–H and O–H groups in total. The molecule has 9 nitrogen and oxygen atoms in total. The van der Waals surface area contributed by atoms with Crippen LogP contribution in [0, 0.1) is 21.4 Å². The average Bonchev–Trinajstić information content (AvgIpc) is 2.99. The summed E-state index contributed by atoms with van der Waals surface area (Å²) in [5.74, 6) is 0.00598. The first-order chi connectivity index (χ1) is 11.1. The van der Waals surface area contributed by atoms with Crippen LogP contribution in [0.15, 0.2) is 24.3 Å². The third kappa shape index (κ3) is 2.82. The quantitative estimate of drug-likeness (QED) is 0.679. The van der Waals surface area contributed by atoms with Crippen molar-refractivity contribution in [2.24, 2.45) is 0 Å². The number of fused-ring (bicyclic) bond motifs is 1. The Morgan fingerprint density at radius 2 is 2.30 bits per heavy atom. The number of aromatic nitrogens is 2. The number of rotatable bonds is 3. The fraction of sp³-hybridized carbons (Fsp3) is 0.214. The fourth-order valence-corrected chi connectivity index (χ4v) is 2.21. The van der Waals surface area contributed by atoms with Crippen molar-refractivity contribution >= 4 is 17.3 Å². The van der Waals surface area contributed by atoms with Crippen LogP contribution in [0.3, 0.4) is 0 Å². The molecular formula is C14H11N5O4. The van der Waals surface area contributed by atoms with E-state index < -0.39 is 10.8 Å². The number of hydrogen-bond donors (Lipinski definition) is 1. The minimum absolute atomic E-state index is 0.00720. The number of carbonyl (C=O) groups is 1. The molecule has 0 unspecified atom stereocenters. The van der Waals surface area contributed by atoms with E-state index in [0.29, 0.717) is 19.0 Å². The van der Waals surface area contributed by atoms with Gasteiger partial charge in [0.1, 0.15) is 6.07 Å². The number of ether oxygens (including phenoxy) is 1. The van der Waals surface area contributed by atoms with Crippen molar-refractivity contribution in [2.45, 2.75) is 13.0 Å². The summed E-state index contributed by atoms with van der Waals surface area (Å²) >= 11 is 0. The minimum atomic E-state index is -0.604. The van der Waals surface area contributed by atoms with Crippen LogP contribution in [-0.2, 0) is 6.54 Å². The lowest BCUT2D eigenvalue weighted by Crippen LogP contribution is -2.16. The van der Waals surface area contributed by atoms with Gasteiger partial charge in [-0.05, 0) is 6.07 Å². The zero-order valence-electron chi connectivity index (χ0n) is 11.9. The summed E-state index contributed by atoms with van der Waals surface area (Å²) in [4.78, 5) is 22.3. The Balaban J connectivity index is 1.84. The Labute approximate surface area is 130 Å². The summed E-state index contributed by atoms with van der Waals surface area (Å²) in [6, 6.07) is 7.00. The van der Waals surface area contributed by atoms with E-state index in [9.17, 15) is 14.9 Å². The van der Waals surface area contributed by atoms with Gasteiger partial charge >= 0.3 is 0 Å². The summed E-state index contributed by atoms with van der Waals surface area (Å²) in [7, 11) is 0. The summed E-state index contributed by atoms with van der Waals surface area (Å²) < 4.78 is 6.98. The molecule has 1 aromatic heterocycles. The van der Waals surface area contributed by atoms with E-state index in [1.54, 1.807) is 4.68 Å². The number of benzene rings is 1. The minimum Gasteiger partial charge on any atom is -0.478 e. The van der Waals surface area contributed by atoms with Crippen molar-refractivity contribution in [2.75, 3.05) is 11.9 Å². The standard InChI is InChI=1S/C14H11N5O4/c15-8-9-6-10(19(21)22)2-3-11(9)16-14(20)12-7-13-18(17-12)4-1-5-23-13/h2-3,6-7H,1,4-5H2,(H,16,20). The molecule has 9 heteroatoms. The van der Waals surface area contributed by atoms with Gasteiger partial charge in [0.05, 0.1) is 22.8 Å². The van der Waals surface area contributed by atoms with Crippen molar-refractivity contribution in [1.29, 1.82) is 5.26 Å². The monoisotopic (exact) mass is 313 g/mol. The topological polar surface area (TPSA) is 123 Å². The first kappa shape index (κ1) is 14.5. The van der Waals surface area contributed by atoms with Crippen molar-refractivity contribution in [3.8, 4) is 11.9 Å². The Morgan fingerprint density at radius 1 is 1.48 bits per heavy atom. The third-order valence-corrected chi connectivity index (χ3v) is 3.32. The van der Waals surface area contributed by atoms with Crippen molar-refractivity contribution in [3.63, 3.8) is 0 Å². The molecule has 0 bridgehead atoms. The highest BCUT2D eigenvalue weighted by Crippen LogP contribution is 2.23. The molecule has 0 saturated heterocycles. The van der Waals surface area contributed by atoms with Gasteiger partial charge in [-0.2, -0.15) is 10.4 Å². The summed E-state index contributed by atoms with van der Waals surface area (Å²) in [6.45, 7) is 1.25. The lowest BCUT2D eigenvalue weighted by Gasteiger charge is -2.13. The number of hydrogen-bond acceptors (Lipinski definition) is 6. The Hall–Kier alpha value is -3.41. The van der Waals surface area contributed by atoms with Gasteiger partial charge in [-0.1, -0.05) is 0 Å². The first-order valence-electron chi connectivity index (χ1n) is 6.79. The van der Waals surface area contributed by atoms with E-state index in [4.69, 9.17) is 10.00 Å². The second kappa shape index (κ2) is 5.76. The molecule has 2 heterocycles. The van der Waals surface area contributed by atoms with Gasteiger partial charge in [0.25, 0.3) is 11.6 Å². The SMILES string of the molecule is N#Cc1cc([N+](=O)[O-])ccc1NC(=O)c1cc2n(n1)CCCO2. The van der Waals surface area contributed by atoms with Crippen LogP contribution < -0.4 is 10.1 Å². The maximum Gasteiger partial charge on any atom is 0.276 e. The molecule has 0 fully saturated rings. The number of non-ortho nitro benzene ring substituents is 1. The normalized spacial score (nSPS) is 12.7. The molecule has 3 rings (SSSR count). The zero-order chi connectivity index (χ0) is 16.4. The molecule has 23 heavy (non-hydrogen) atoms. The van der Waals surface area contributed by atoms with Gasteiger partial charge in [0.2, 0.25) is 5.88 Å². The van der Waals surface area contributed by atoms with E-state index in [1.807, 2.05) is 6.07 Å². The molecule has 1 aliphatic rings. The number of carbonyl (C=O) groups excluding carboxylic acids is 1. The summed E-state index contributed by atoms with van der Waals surface area (Å²) in [5.41, 5.74) is 0.136. The summed E-state index contributed by atoms with van der Waals surface area (Å²) in [6.07, 6.45) is 0.816. The van der Waals surface area contributed by atoms with Crippen LogP contribution >= 0.6 is 0 Å². The number of nitrogens with one attached hydrogen (secondary N) is 1. The van der Waals surface area contributed by atoms with Gasteiger partial charge in [-0.3, -0.25) is 14.9 Å². The average molecular weight is 313 g/mol. The Bertz CT molecular complexity index is 813. The van der Waals surface area contributed by atoms with E-state index in [-0.39, 0.29) is 22.6 Å². The molecule has 0 aliphatic carbocycles. The van der Waals surface area contributed by atoms with Gasteiger partial charge in [-0.25, -0.2) is 4.68 Å². The predicted octanol–water partition coefficient (Wildman–Crippen LogP) is 1.70. The predicted molar refractivity (Wildman–Crippen MR) is 78.1 cm³/mol. The number of amides is 1. The number of nitrogens with zero attached hydrogens (tertiary/aromatic N) is 4. The molecule has 2 aromatic rings. The molecule has 0 atom stereocenters. The van der Waals surface area contributed by atoms with Gasteiger partial charge in [-0.15, -0.1) is 0 Å². The lowest BCUT2D eigenvalue weighted by atomic mass is 10.1. The van der Waals surface area contributed by atoms with E-state index in [1.165, 1.54) is 18.2 Å². The molecule has 0 saturated carbocycles. The highest BCUT2D eigenvalue weighted by atomic mass is 16.6. The van der Waals surface area contributed by atoms with E-state index >= 15 is 0 Å². The van der Waals surface area contributed by atoms with Gasteiger partial charge in [0.15, 0.2) is 5.69 Å².